The summed E-state index contributed by atoms with van der Waals surface area (Å²) in [4.78, 5) is 22.5. The van der Waals surface area contributed by atoms with Crippen LogP contribution in [0.15, 0.2) is 29.1 Å². The average molecular weight is 238 g/mol. The number of rotatable bonds is 1. The van der Waals surface area contributed by atoms with Crippen LogP contribution in [0.1, 0.15) is 10.4 Å². The molecule has 0 unspecified atom stereocenters. The van der Waals surface area contributed by atoms with Gasteiger partial charge in [-0.15, -0.1) is 0 Å². The number of pyridine rings is 1. The van der Waals surface area contributed by atoms with Crippen molar-refractivity contribution in [3.05, 3.63) is 45.2 Å². The number of aromatic carboxylic acids is 1. The van der Waals surface area contributed by atoms with Gasteiger partial charge in [0.15, 0.2) is 0 Å². The molecule has 1 aromatic heterocycles. The van der Waals surface area contributed by atoms with E-state index < -0.39 is 11.5 Å². The highest BCUT2D eigenvalue weighted by molar-refractivity contribution is 6.35. The van der Waals surface area contributed by atoms with E-state index in [1.807, 2.05) is 0 Å². The lowest BCUT2D eigenvalue weighted by molar-refractivity contribution is 0.0699. The molecule has 1 heterocycles. The van der Waals surface area contributed by atoms with Crippen molar-refractivity contribution in [2.45, 2.75) is 0 Å². The highest BCUT2D eigenvalue weighted by atomic mass is 35.5. The highest BCUT2D eigenvalue weighted by Gasteiger charge is 2.13. The van der Waals surface area contributed by atoms with Crippen LogP contribution in [0.2, 0.25) is 5.02 Å². The van der Waals surface area contributed by atoms with E-state index >= 15 is 0 Å². The fourth-order valence-corrected chi connectivity index (χ4v) is 1.96. The molecule has 0 saturated carbocycles. The summed E-state index contributed by atoms with van der Waals surface area (Å²) in [6.45, 7) is 0. The normalized spacial score (nSPS) is 10.6. The van der Waals surface area contributed by atoms with E-state index in [1.165, 1.54) is 4.57 Å². The number of hydrogen-bond acceptors (Lipinski definition) is 2. The number of carboxylic acid groups (broad SMARTS) is 1. The first-order chi connectivity index (χ1) is 7.52. The summed E-state index contributed by atoms with van der Waals surface area (Å²) in [5, 5.41) is 9.82. The van der Waals surface area contributed by atoms with Crippen molar-refractivity contribution >= 4 is 28.5 Å². The zero-order valence-electron chi connectivity index (χ0n) is 8.40. The van der Waals surface area contributed by atoms with Gasteiger partial charge in [-0.3, -0.25) is 4.79 Å². The first kappa shape index (κ1) is 10.7. The Bertz CT molecular complexity index is 645. The Balaban J connectivity index is 3.07. The Kier molecular flexibility index (Phi) is 2.44. The molecule has 0 radical (unpaired) electrons. The molecule has 0 bridgehead atoms. The summed E-state index contributed by atoms with van der Waals surface area (Å²) >= 11 is 5.96. The number of halogens is 1. The number of aryl methyl sites for hydroxylation is 1. The van der Waals surface area contributed by atoms with Crippen LogP contribution in [0.3, 0.4) is 0 Å². The van der Waals surface area contributed by atoms with E-state index in [2.05, 4.69) is 0 Å². The molecule has 5 heteroatoms. The Labute approximate surface area is 95.7 Å². The predicted octanol–water partition coefficient (Wildman–Crippen LogP) is 1.89. The molecule has 0 aliphatic heterocycles. The fraction of sp³-hybridized carbons (Fsp3) is 0.0909. The quantitative estimate of drug-likeness (QED) is 0.824. The van der Waals surface area contributed by atoms with Gasteiger partial charge in [-0.05, 0) is 6.07 Å². The summed E-state index contributed by atoms with van der Waals surface area (Å²) in [5.74, 6) is -1.13. The van der Waals surface area contributed by atoms with E-state index in [-0.39, 0.29) is 5.56 Å². The number of fused-ring (bicyclic) bond motifs is 1. The molecule has 0 saturated heterocycles. The van der Waals surface area contributed by atoms with Crippen molar-refractivity contribution in [3.8, 4) is 0 Å². The van der Waals surface area contributed by atoms with Gasteiger partial charge >= 0.3 is 5.97 Å². The van der Waals surface area contributed by atoms with Crippen LogP contribution in [0.25, 0.3) is 10.9 Å². The lowest BCUT2D eigenvalue weighted by Crippen LogP contribution is -2.19. The molecule has 1 N–H and O–H groups in total. The molecule has 0 aliphatic rings. The second-order valence-corrected chi connectivity index (χ2v) is 3.80. The lowest BCUT2D eigenvalue weighted by atomic mass is 10.1. The maximum atomic E-state index is 11.6. The third-order valence-electron chi connectivity index (χ3n) is 2.44. The molecule has 4 nitrogen and oxygen atoms in total. The van der Waals surface area contributed by atoms with E-state index in [4.69, 9.17) is 16.7 Å². The number of para-hydroxylation sites is 1. The number of benzene rings is 1. The minimum absolute atomic E-state index is 0.0272. The SMILES string of the molecule is Cn1c(=O)cc(C(=O)O)c2cccc(Cl)c21. The first-order valence-corrected chi connectivity index (χ1v) is 4.91. The highest BCUT2D eigenvalue weighted by Crippen LogP contribution is 2.24. The third kappa shape index (κ3) is 1.47. The molecule has 2 aromatic rings. The predicted molar refractivity (Wildman–Crippen MR) is 61.2 cm³/mol. The smallest absolute Gasteiger partial charge is 0.336 e. The molecular formula is C11H8ClNO3. The zero-order chi connectivity index (χ0) is 11.9. The zero-order valence-corrected chi connectivity index (χ0v) is 9.15. The summed E-state index contributed by atoms with van der Waals surface area (Å²) in [6, 6.07) is 6.00. The summed E-state index contributed by atoms with van der Waals surface area (Å²) in [7, 11) is 1.56. The molecule has 16 heavy (non-hydrogen) atoms. The molecule has 1 aromatic carbocycles. The van der Waals surface area contributed by atoms with Crippen LogP contribution < -0.4 is 5.56 Å². The Hall–Kier alpha value is -1.81. The minimum atomic E-state index is -1.13. The van der Waals surface area contributed by atoms with Gasteiger partial charge in [-0.2, -0.15) is 0 Å². The van der Waals surface area contributed by atoms with Gasteiger partial charge in [0.1, 0.15) is 0 Å². The van der Waals surface area contributed by atoms with Gasteiger partial charge < -0.3 is 9.67 Å². The van der Waals surface area contributed by atoms with Crippen LogP contribution in [0.4, 0.5) is 0 Å². The maximum Gasteiger partial charge on any atom is 0.336 e. The van der Waals surface area contributed by atoms with E-state index in [0.29, 0.717) is 15.9 Å². The number of carbonyl (C=O) groups is 1. The van der Waals surface area contributed by atoms with Crippen molar-refractivity contribution in [3.63, 3.8) is 0 Å². The second kappa shape index (κ2) is 3.64. The van der Waals surface area contributed by atoms with Gasteiger partial charge in [-0.25, -0.2) is 4.79 Å². The topological polar surface area (TPSA) is 59.3 Å². The summed E-state index contributed by atoms with van der Waals surface area (Å²) in [5.41, 5.74) is 0.0210. The molecule has 82 valence electrons. The lowest BCUT2D eigenvalue weighted by Gasteiger charge is -2.08. The molecule has 0 fully saturated rings. The van der Waals surface area contributed by atoms with Crippen LogP contribution in [-0.2, 0) is 7.05 Å². The second-order valence-electron chi connectivity index (χ2n) is 3.40. The van der Waals surface area contributed by atoms with Gasteiger partial charge in [0, 0.05) is 18.5 Å². The largest absolute Gasteiger partial charge is 0.478 e. The van der Waals surface area contributed by atoms with Crippen LogP contribution >= 0.6 is 11.6 Å². The monoisotopic (exact) mass is 237 g/mol. The Morgan fingerprint density at radius 2 is 2.12 bits per heavy atom. The Morgan fingerprint density at radius 1 is 1.44 bits per heavy atom. The van der Waals surface area contributed by atoms with Gasteiger partial charge in [-0.1, -0.05) is 23.7 Å². The molecular weight excluding hydrogens is 230 g/mol. The molecule has 0 amide bonds. The van der Waals surface area contributed by atoms with Crippen LogP contribution in [0, 0.1) is 0 Å². The number of nitrogens with zero attached hydrogens (tertiary/aromatic N) is 1. The molecule has 0 aliphatic carbocycles. The van der Waals surface area contributed by atoms with Crippen molar-refractivity contribution in [1.82, 2.24) is 4.57 Å². The van der Waals surface area contributed by atoms with E-state index in [9.17, 15) is 9.59 Å². The van der Waals surface area contributed by atoms with Gasteiger partial charge in [0.2, 0.25) is 0 Å². The average Bonchev–Trinajstić information content (AvgIpc) is 2.22. The number of aromatic nitrogens is 1. The minimum Gasteiger partial charge on any atom is -0.478 e. The van der Waals surface area contributed by atoms with E-state index in [0.717, 1.165) is 6.07 Å². The summed E-state index contributed by atoms with van der Waals surface area (Å²) in [6.07, 6.45) is 0. The fourth-order valence-electron chi connectivity index (χ4n) is 1.66. The Morgan fingerprint density at radius 3 is 2.75 bits per heavy atom. The first-order valence-electron chi connectivity index (χ1n) is 4.54. The number of hydrogen-bond donors (Lipinski definition) is 1. The standard InChI is InChI=1S/C11H8ClNO3/c1-13-9(14)5-7(11(15)16)6-3-2-4-8(12)10(6)13/h2-5H,1H3,(H,15,16). The molecule has 0 atom stereocenters. The third-order valence-corrected chi connectivity index (χ3v) is 2.75. The van der Waals surface area contributed by atoms with Crippen molar-refractivity contribution in [2.75, 3.05) is 0 Å². The number of carboxylic acids is 1. The van der Waals surface area contributed by atoms with Gasteiger partial charge in [0.05, 0.1) is 16.1 Å². The van der Waals surface area contributed by atoms with Crippen molar-refractivity contribution < 1.29 is 9.90 Å². The van der Waals surface area contributed by atoms with Crippen molar-refractivity contribution in [1.29, 1.82) is 0 Å². The van der Waals surface area contributed by atoms with Crippen LogP contribution in [0.5, 0.6) is 0 Å². The van der Waals surface area contributed by atoms with Crippen LogP contribution in [-0.4, -0.2) is 15.6 Å². The van der Waals surface area contributed by atoms with E-state index in [1.54, 1.807) is 25.2 Å². The maximum absolute atomic E-state index is 11.6. The summed E-state index contributed by atoms with van der Waals surface area (Å²) < 4.78 is 1.34. The van der Waals surface area contributed by atoms with Gasteiger partial charge in [0.25, 0.3) is 5.56 Å². The van der Waals surface area contributed by atoms with Crippen molar-refractivity contribution in [2.24, 2.45) is 7.05 Å². The molecule has 0 spiro atoms. The molecule has 2 rings (SSSR count).